The van der Waals surface area contributed by atoms with E-state index in [0.717, 1.165) is 23.0 Å². The predicted octanol–water partition coefficient (Wildman–Crippen LogP) is 4.53. The molecule has 0 saturated heterocycles. The average molecular weight is 306 g/mol. The molecule has 1 aliphatic carbocycles. The Kier molecular flexibility index (Phi) is 3.16. The lowest BCUT2D eigenvalue weighted by Crippen LogP contribution is -2.07. The van der Waals surface area contributed by atoms with E-state index in [0.29, 0.717) is 0 Å². The van der Waals surface area contributed by atoms with Crippen molar-refractivity contribution in [2.75, 3.05) is 0 Å². The largest absolute Gasteiger partial charge is 0.246 e. The second-order valence-corrected chi connectivity index (χ2v) is 5.44. The van der Waals surface area contributed by atoms with Crippen molar-refractivity contribution in [1.29, 1.82) is 0 Å². The van der Waals surface area contributed by atoms with Crippen LogP contribution < -0.4 is 0 Å². The minimum absolute atomic E-state index is 0.194. The van der Waals surface area contributed by atoms with Gasteiger partial charge in [0.25, 0.3) is 0 Å². The molecule has 18 heavy (non-hydrogen) atoms. The van der Waals surface area contributed by atoms with Crippen LogP contribution >= 0.6 is 15.9 Å². The lowest BCUT2D eigenvalue weighted by atomic mass is 9.89. The first-order valence-corrected chi connectivity index (χ1v) is 6.97. The van der Waals surface area contributed by atoms with Crippen LogP contribution in [0.3, 0.4) is 0 Å². The van der Waals surface area contributed by atoms with E-state index in [1.54, 1.807) is 0 Å². The number of halogens is 2. The van der Waals surface area contributed by atoms with E-state index in [-0.39, 0.29) is 5.82 Å². The van der Waals surface area contributed by atoms with Crippen molar-refractivity contribution in [1.82, 2.24) is 4.98 Å². The van der Waals surface area contributed by atoms with Crippen LogP contribution in [0, 0.1) is 5.82 Å². The normalized spacial score (nSPS) is 14.3. The molecule has 1 aliphatic rings. The molecule has 3 rings (SSSR count). The minimum Gasteiger partial charge on any atom is -0.246 e. The van der Waals surface area contributed by atoms with Gasteiger partial charge in [-0.15, -0.1) is 0 Å². The average Bonchev–Trinajstić information content (AvgIpc) is 2.38. The number of benzene rings is 1. The van der Waals surface area contributed by atoms with Gasteiger partial charge in [0, 0.05) is 5.69 Å². The Morgan fingerprint density at radius 2 is 1.78 bits per heavy atom. The number of hydrogen-bond acceptors (Lipinski definition) is 1. The van der Waals surface area contributed by atoms with Crippen LogP contribution in [0.15, 0.2) is 34.9 Å². The van der Waals surface area contributed by atoms with Gasteiger partial charge in [-0.2, -0.15) is 0 Å². The van der Waals surface area contributed by atoms with Gasteiger partial charge < -0.3 is 0 Å². The molecule has 0 atom stereocenters. The summed E-state index contributed by atoms with van der Waals surface area (Å²) in [6, 6.07) is 8.74. The molecular weight excluding hydrogens is 293 g/mol. The maximum atomic E-state index is 13.0. The number of aryl methyl sites for hydroxylation is 1. The van der Waals surface area contributed by atoms with Crippen molar-refractivity contribution in [2.45, 2.75) is 25.7 Å². The molecule has 3 heteroatoms. The summed E-state index contributed by atoms with van der Waals surface area (Å²) in [7, 11) is 0. The van der Waals surface area contributed by atoms with Gasteiger partial charge in [0.1, 0.15) is 10.4 Å². The number of fused-ring (bicyclic) bond motifs is 1. The van der Waals surface area contributed by atoms with Crippen molar-refractivity contribution in [2.24, 2.45) is 0 Å². The maximum absolute atomic E-state index is 13.0. The van der Waals surface area contributed by atoms with Gasteiger partial charge in [-0.05, 0) is 76.5 Å². The summed E-state index contributed by atoms with van der Waals surface area (Å²) < 4.78 is 13.9. The van der Waals surface area contributed by atoms with Crippen molar-refractivity contribution in [3.05, 3.63) is 52.0 Å². The lowest BCUT2D eigenvalue weighted by molar-refractivity contribution is 0.628. The van der Waals surface area contributed by atoms with E-state index in [4.69, 9.17) is 0 Å². The summed E-state index contributed by atoms with van der Waals surface area (Å²) in [4.78, 5) is 4.56. The first-order chi connectivity index (χ1) is 8.74. The number of hydrogen-bond donors (Lipinski definition) is 0. The van der Waals surface area contributed by atoms with Gasteiger partial charge in [-0.1, -0.05) is 12.1 Å². The monoisotopic (exact) mass is 305 g/mol. The maximum Gasteiger partial charge on any atom is 0.123 e. The Morgan fingerprint density at radius 3 is 2.56 bits per heavy atom. The summed E-state index contributed by atoms with van der Waals surface area (Å²) in [6.45, 7) is 0. The first kappa shape index (κ1) is 11.8. The van der Waals surface area contributed by atoms with Gasteiger partial charge in [0.2, 0.25) is 0 Å². The number of aromatic nitrogens is 1. The van der Waals surface area contributed by atoms with E-state index >= 15 is 0 Å². The number of nitrogens with zero attached hydrogens (tertiary/aromatic N) is 1. The van der Waals surface area contributed by atoms with Crippen LogP contribution in [-0.4, -0.2) is 4.98 Å². The zero-order valence-electron chi connectivity index (χ0n) is 9.92. The molecule has 0 unspecified atom stereocenters. The smallest absolute Gasteiger partial charge is 0.123 e. The molecular formula is C15H13BrFN. The van der Waals surface area contributed by atoms with Gasteiger partial charge in [0.15, 0.2) is 0 Å². The molecule has 0 fully saturated rings. The van der Waals surface area contributed by atoms with Gasteiger partial charge in [0.05, 0.1) is 0 Å². The van der Waals surface area contributed by atoms with Crippen LogP contribution in [0.4, 0.5) is 4.39 Å². The molecule has 0 bridgehead atoms. The zero-order valence-corrected chi connectivity index (χ0v) is 11.5. The molecule has 2 aromatic rings. The third kappa shape index (κ3) is 2.19. The quantitative estimate of drug-likeness (QED) is 0.705. The molecule has 0 radical (unpaired) electrons. The molecule has 0 amide bonds. The molecule has 0 aliphatic heterocycles. The van der Waals surface area contributed by atoms with Crippen LogP contribution in [0.5, 0.6) is 0 Å². The topological polar surface area (TPSA) is 12.9 Å². The molecule has 0 spiro atoms. The summed E-state index contributed by atoms with van der Waals surface area (Å²) in [6.07, 6.45) is 4.54. The van der Waals surface area contributed by atoms with Crippen LogP contribution in [0.1, 0.15) is 24.1 Å². The fraction of sp³-hybridized carbons (Fsp3) is 0.267. The standard InChI is InChI=1S/C15H13BrFN/c16-15-9-13(10-5-7-11(17)8-6-10)12-3-1-2-4-14(12)18-15/h5-9H,1-4H2. The van der Waals surface area contributed by atoms with Crippen LogP contribution in [0.2, 0.25) is 0 Å². The zero-order chi connectivity index (χ0) is 12.5. The second-order valence-electron chi connectivity index (χ2n) is 4.63. The third-order valence-electron chi connectivity index (χ3n) is 3.42. The second kappa shape index (κ2) is 4.81. The fourth-order valence-corrected chi connectivity index (χ4v) is 3.00. The first-order valence-electron chi connectivity index (χ1n) is 6.18. The van der Waals surface area contributed by atoms with Crippen molar-refractivity contribution >= 4 is 15.9 Å². The molecule has 0 saturated carbocycles. The highest BCUT2D eigenvalue weighted by Crippen LogP contribution is 2.32. The van der Waals surface area contributed by atoms with E-state index in [9.17, 15) is 4.39 Å². The molecule has 1 nitrogen and oxygen atoms in total. The van der Waals surface area contributed by atoms with E-state index in [2.05, 4.69) is 20.9 Å². The highest BCUT2D eigenvalue weighted by atomic mass is 79.9. The Balaban J connectivity index is 2.16. The molecule has 0 N–H and O–H groups in total. The van der Waals surface area contributed by atoms with Crippen LogP contribution in [0.25, 0.3) is 11.1 Å². The van der Waals surface area contributed by atoms with E-state index in [1.165, 1.54) is 41.8 Å². The highest BCUT2D eigenvalue weighted by molar-refractivity contribution is 9.10. The Morgan fingerprint density at radius 1 is 1.06 bits per heavy atom. The molecule has 1 aromatic heterocycles. The number of pyridine rings is 1. The van der Waals surface area contributed by atoms with E-state index in [1.807, 2.05) is 18.2 Å². The summed E-state index contributed by atoms with van der Waals surface area (Å²) >= 11 is 3.47. The SMILES string of the molecule is Fc1ccc(-c2cc(Br)nc3c2CCCC3)cc1. The third-order valence-corrected chi connectivity index (χ3v) is 3.83. The van der Waals surface area contributed by atoms with Gasteiger partial charge in [-0.3, -0.25) is 0 Å². The predicted molar refractivity (Wildman–Crippen MR) is 74.0 cm³/mol. The Labute approximate surface area is 114 Å². The van der Waals surface area contributed by atoms with E-state index < -0.39 is 0 Å². The van der Waals surface area contributed by atoms with Crippen molar-refractivity contribution < 1.29 is 4.39 Å². The fourth-order valence-electron chi connectivity index (χ4n) is 2.56. The Bertz CT molecular complexity index is 578. The minimum atomic E-state index is -0.194. The number of rotatable bonds is 1. The highest BCUT2D eigenvalue weighted by Gasteiger charge is 2.16. The van der Waals surface area contributed by atoms with Crippen LogP contribution in [-0.2, 0) is 12.8 Å². The molecule has 1 aromatic carbocycles. The van der Waals surface area contributed by atoms with Gasteiger partial charge >= 0.3 is 0 Å². The van der Waals surface area contributed by atoms with Crippen molar-refractivity contribution in [3.8, 4) is 11.1 Å². The molecule has 92 valence electrons. The van der Waals surface area contributed by atoms with Gasteiger partial charge in [-0.25, -0.2) is 9.37 Å². The summed E-state index contributed by atoms with van der Waals surface area (Å²) in [5.74, 6) is -0.194. The Hall–Kier alpha value is -1.22. The summed E-state index contributed by atoms with van der Waals surface area (Å²) in [5.41, 5.74) is 4.77. The lowest BCUT2D eigenvalue weighted by Gasteiger charge is -2.19. The molecule has 1 heterocycles. The summed E-state index contributed by atoms with van der Waals surface area (Å²) in [5, 5.41) is 0. The van der Waals surface area contributed by atoms with Crippen molar-refractivity contribution in [3.63, 3.8) is 0 Å².